The Morgan fingerprint density at radius 1 is 1.33 bits per heavy atom. The molecule has 0 aromatic heterocycles. The number of benzene rings is 1. The summed E-state index contributed by atoms with van der Waals surface area (Å²) in [6, 6.07) is 4.82. The van der Waals surface area contributed by atoms with Gasteiger partial charge in [0.2, 0.25) is 0 Å². The van der Waals surface area contributed by atoms with Crippen molar-refractivity contribution in [2.24, 2.45) is 5.92 Å². The van der Waals surface area contributed by atoms with Gasteiger partial charge in [-0.1, -0.05) is 31.0 Å². The molecule has 0 bridgehead atoms. The monoisotopic (exact) mass is 306 g/mol. The van der Waals surface area contributed by atoms with E-state index in [1.54, 1.807) is 17.0 Å². The minimum atomic E-state index is -0.295. The fraction of sp³-hybridized carbons (Fsp3) is 0.500. The van der Waals surface area contributed by atoms with E-state index in [0.717, 1.165) is 24.8 Å². The first-order valence-corrected chi connectivity index (χ1v) is 7.81. The number of rotatable bonds is 2. The van der Waals surface area contributed by atoms with Crippen molar-refractivity contribution in [1.29, 1.82) is 0 Å². The highest BCUT2D eigenvalue weighted by Crippen LogP contribution is 2.35. The predicted molar refractivity (Wildman–Crippen MR) is 82.6 cm³/mol. The number of hydrogen-bond acceptors (Lipinski definition) is 2. The van der Waals surface area contributed by atoms with Crippen LogP contribution < -0.4 is 4.90 Å². The van der Waals surface area contributed by atoms with Gasteiger partial charge in [0.15, 0.2) is 0 Å². The summed E-state index contributed by atoms with van der Waals surface area (Å²) in [6.45, 7) is 4.71. The van der Waals surface area contributed by atoms with Crippen LogP contribution in [0.2, 0.25) is 5.02 Å². The summed E-state index contributed by atoms with van der Waals surface area (Å²) in [7, 11) is 0. The molecule has 0 N–H and O–H groups in total. The minimum absolute atomic E-state index is 0.113. The molecule has 3 rings (SSSR count). The molecular weight excluding hydrogens is 288 g/mol. The second-order valence-electron chi connectivity index (χ2n) is 5.90. The first-order valence-electron chi connectivity index (χ1n) is 7.43. The number of urea groups is 1. The smallest absolute Gasteiger partial charge is 0.312 e. The molecule has 21 heavy (non-hydrogen) atoms. The number of hydrogen-bond donors (Lipinski definition) is 0. The second-order valence-corrected chi connectivity index (χ2v) is 6.30. The van der Waals surface area contributed by atoms with Gasteiger partial charge in [-0.3, -0.25) is 4.79 Å². The van der Waals surface area contributed by atoms with Gasteiger partial charge in [0, 0.05) is 11.6 Å². The van der Waals surface area contributed by atoms with E-state index in [2.05, 4.69) is 6.92 Å². The van der Waals surface area contributed by atoms with Gasteiger partial charge >= 0.3 is 6.03 Å². The fourth-order valence-electron chi connectivity index (χ4n) is 3.20. The zero-order valence-corrected chi connectivity index (χ0v) is 13.1. The van der Waals surface area contributed by atoms with Crippen molar-refractivity contribution < 1.29 is 9.59 Å². The van der Waals surface area contributed by atoms with Crippen LogP contribution in [-0.4, -0.2) is 29.4 Å². The van der Waals surface area contributed by atoms with Gasteiger partial charge < -0.3 is 4.90 Å². The SMILES string of the molecule is CCC1CCN2C(=O)N(c3ccc(C)c(Cl)c3)C(=O)C2C1. The number of amides is 3. The van der Waals surface area contributed by atoms with Gasteiger partial charge in [0.05, 0.1) is 5.69 Å². The van der Waals surface area contributed by atoms with E-state index in [0.29, 0.717) is 23.2 Å². The average Bonchev–Trinajstić information content (AvgIpc) is 2.73. The lowest BCUT2D eigenvalue weighted by atomic mass is 9.89. The fourth-order valence-corrected chi connectivity index (χ4v) is 3.38. The first kappa shape index (κ1) is 14.4. The van der Waals surface area contributed by atoms with Crippen LogP contribution in [0.5, 0.6) is 0 Å². The Balaban J connectivity index is 1.92. The maximum absolute atomic E-state index is 12.6. The van der Waals surface area contributed by atoms with E-state index in [9.17, 15) is 9.59 Å². The van der Waals surface area contributed by atoms with Crippen molar-refractivity contribution in [3.8, 4) is 0 Å². The Kier molecular flexibility index (Phi) is 3.66. The number of nitrogens with zero attached hydrogens (tertiary/aromatic N) is 2. The Hall–Kier alpha value is -1.55. The molecule has 0 spiro atoms. The maximum Gasteiger partial charge on any atom is 0.332 e. The molecule has 5 heteroatoms. The van der Waals surface area contributed by atoms with Crippen molar-refractivity contribution in [3.63, 3.8) is 0 Å². The maximum atomic E-state index is 12.6. The number of aryl methyl sites for hydroxylation is 1. The lowest BCUT2D eigenvalue weighted by Gasteiger charge is -2.31. The van der Waals surface area contributed by atoms with Crippen molar-refractivity contribution in [2.45, 2.75) is 39.2 Å². The van der Waals surface area contributed by atoms with Crippen LogP contribution in [0, 0.1) is 12.8 Å². The number of carbonyl (C=O) groups excluding carboxylic acids is 2. The Bertz CT molecular complexity index is 602. The summed E-state index contributed by atoms with van der Waals surface area (Å²) in [6.07, 6.45) is 2.81. The molecule has 2 saturated heterocycles. The molecule has 2 aliphatic heterocycles. The van der Waals surface area contributed by atoms with Gasteiger partial charge in [-0.15, -0.1) is 0 Å². The number of halogens is 1. The summed E-state index contributed by atoms with van der Waals surface area (Å²) in [5, 5.41) is 0.574. The highest BCUT2D eigenvalue weighted by atomic mass is 35.5. The number of anilines is 1. The topological polar surface area (TPSA) is 40.6 Å². The Labute approximate surface area is 129 Å². The summed E-state index contributed by atoms with van der Waals surface area (Å²) in [5.41, 5.74) is 1.51. The summed E-state index contributed by atoms with van der Waals surface area (Å²) in [4.78, 5) is 28.2. The number of piperidine rings is 1. The molecule has 3 amide bonds. The quantitative estimate of drug-likeness (QED) is 0.783. The minimum Gasteiger partial charge on any atom is -0.312 e. The van der Waals surface area contributed by atoms with Crippen molar-refractivity contribution >= 4 is 29.2 Å². The predicted octanol–water partition coefficient (Wildman–Crippen LogP) is 3.61. The highest BCUT2D eigenvalue weighted by molar-refractivity contribution is 6.32. The van der Waals surface area contributed by atoms with Crippen LogP contribution in [0.25, 0.3) is 0 Å². The Morgan fingerprint density at radius 3 is 2.76 bits per heavy atom. The normalized spacial score (nSPS) is 25.5. The standard InChI is InChI=1S/C16H19ClN2O2/c1-3-11-6-7-18-14(8-11)15(20)19(16(18)21)12-5-4-10(2)13(17)9-12/h4-5,9,11,14H,3,6-8H2,1-2H3. The third kappa shape index (κ3) is 2.31. The van der Waals surface area contributed by atoms with Crippen LogP contribution in [0.15, 0.2) is 18.2 Å². The molecule has 0 aliphatic carbocycles. The molecule has 2 atom stereocenters. The van der Waals surface area contributed by atoms with Gasteiger partial charge in [-0.05, 0) is 43.4 Å². The zero-order valence-electron chi connectivity index (χ0n) is 12.3. The van der Waals surface area contributed by atoms with E-state index < -0.39 is 0 Å². The molecule has 2 unspecified atom stereocenters. The largest absolute Gasteiger partial charge is 0.332 e. The molecule has 0 saturated carbocycles. The average molecular weight is 307 g/mol. The third-order valence-corrected chi connectivity index (χ3v) is 5.05. The summed E-state index contributed by atoms with van der Waals surface area (Å²) in [5.74, 6) is 0.419. The number of imide groups is 1. The second kappa shape index (κ2) is 5.34. The van der Waals surface area contributed by atoms with Gasteiger partial charge in [-0.2, -0.15) is 0 Å². The van der Waals surface area contributed by atoms with Crippen molar-refractivity contribution in [1.82, 2.24) is 4.90 Å². The molecule has 0 radical (unpaired) electrons. The third-order valence-electron chi connectivity index (χ3n) is 4.64. The van der Waals surface area contributed by atoms with E-state index in [1.807, 2.05) is 13.0 Å². The van der Waals surface area contributed by atoms with Gasteiger partial charge in [0.1, 0.15) is 6.04 Å². The van der Waals surface area contributed by atoms with Crippen LogP contribution in [0.4, 0.5) is 10.5 Å². The molecule has 2 fully saturated rings. The summed E-state index contributed by atoms with van der Waals surface area (Å²) >= 11 is 6.12. The van der Waals surface area contributed by atoms with Crippen molar-refractivity contribution in [3.05, 3.63) is 28.8 Å². The van der Waals surface area contributed by atoms with Crippen LogP contribution in [0.3, 0.4) is 0 Å². The van der Waals surface area contributed by atoms with E-state index in [1.165, 1.54) is 4.90 Å². The van der Waals surface area contributed by atoms with Gasteiger partial charge in [0.25, 0.3) is 5.91 Å². The van der Waals surface area contributed by atoms with Crippen LogP contribution in [0.1, 0.15) is 31.7 Å². The highest BCUT2D eigenvalue weighted by Gasteiger charge is 2.48. The van der Waals surface area contributed by atoms with Crippen molar-refractivity contribution in [2.75, 3.05) is 11.4 Å². The van der Waals surface area contributed by atoms with Crippen LogP contribution in [-0.2, 0) is 4.79 Å². The number of carbonyl (C=O) groups is 2. The molecular formula is C16H19ClN2O2. The molecule has 1 aromatic rings. The lowest BCUT2D eigenvalue weighted by molar-refractivity contribution is -0.120. The van der Waals surface area contributed by atoms with Gasteiger partial charge in [-0.25, -0.2) is 9.69 Å². The molecule has 2 heterocycles. The number of fused-ring (bicyclic) bond motifs is 1. The summed E-state index contributed by atoms with van der Waals surface area (Å²) < 4.78 is 0. The lowest BCUT2D eigenvalue weighted by Crippen LogP contribution is -2.42. The van der Waals surface area contributed by atoms with E-state index in [4.69, 9.17) is 11.6 Å². The van der Waals surface area contributed by atoms with E-state index >= 15 is 0 Å². The van der Waals surface area contributed by atoms with Crippen LogP contribution >= 0.6 is 11.6 Å². The molecule has 2 aliphatic rings. The Morgan fingerprint density at radius 2 is 2.10 bits per heavy atom. The van der Waals surface area contributed by atoms with E-state index in [-0.39, 0.29) is 18.0 Å². The molecule has 112 valence electrons. The molecule has 1 aromatic carbocycles. The molecule has 4 nitrogen and oxygen atoms in total. The zero-order chi connectivity index (χ0) is 15.1. The first-order chi connectivity index (χ1) is 10.0.